The first-order chi connectivity index (χ1) is 11.1. The largest absolute Gasteiger partial charge is 0.496 e. The van der Waals surface area contributed by atoms with Crippen molar-refractivity contribution in [3.8, 4) is 5.75 Å². The van der Waals surface area contributed by atoms with Crippen LogP contribution in [0.4, 0.5) is 0 Å². The molecule has 0 saturated carbocycles. The SMILES string of the molecule is COc1ccccc1C(=O)N1CC(Cn2nc(C)ccc2=O)C1. The molecule has 0 unspecified atom stereocenters. The van der Waals surface area contributed by atoms with E-state index in [0.717, 1.165) is 5.69 Å². The van der Waals surface area contributed by atoms with E-state index in [0.29, 0.717) is 30.9 Å². The number of rotatable bonds is 4. The van der Waals surface area contributed by atoms with Gasteiger partial charge in [0.2, 0.25) is 0 Å². The molecule has 0 atom stereocenters. The maximum absolute atomic E-state index is 12.5. The number of nitrogens with zero attached hydrogens (tertiary/aromatic N) is 3. The molecular formula is C17H19N3O3. The van der Waals surface area contributed by atoms with Gasteiger partial charge in [0, 0.05) is 25.1 Å². The molecule has 0 spiro atoms. The van der Waals surface area contributed by atoms with Gasteiger partial charge in [-0.15, -0.1) is 0 Å². The van der Waals surface area contributed by atoms with Gasteiger partial charge in [0.05, 0.1) is 24.9 Å². The smallest absolute Gasteiger partial charge is 0.266 e. The summed E-state index contributed by atoms with van der Waals surface area (Å²) in [5.74, 6) is 0.793. The Bertz CT molecular complexity index is 779. The molecule has 0 bridgehead atoms. The van der Waals surface area contributed by atoms with E-state index in [4.69, 9.17) is 4.74 Å². The molecule has 1 aromatic carbocycles. The number of methoxy groups -OCH3 is 1. The Morgan fingerprint density at radius 1 is 1.26 bits per heavy atom. The molecule has 1 aliphatic heterocycles. The minimum absolute atomic E-state index is 0.0387. The lowest BCUT2D eigenvalue weighted by molar-refractivity contribution is 0.0455. The Hall–Kier alpha value is -2.63. The lowest BCUT2D eigenvalue weighted by Gasteiger charge is -2.39. The third kappa shape index (κ3) is 3.11. The molecule has 23 heavy (non-hydrogen) atoms. The Balaban J connectivity index is 1.64. The number of hydrogen-bond acceptors (Lipinski definition) is 4. The van der Waals surface area contributed by atoms with E-state index in [1.807, 2.05) is 19.1 Å². The van der Waals surface area contributed by atoms with Gasteiger partial charge in [0.15, 0.2) is 0 Å². The van der Waals surface area contributed by atoms with Gasteiger partial charge in [-0.1, -0.05) is 12.1 Å². The molecule has 120 valence electrons. The van der Waals surface area contributed by atoms with Crippen molar-refractivity contribution in [1.82, 2.24) is 14.7 Å². The highest BCUT2D eigenvalue weighted by Gasteiger charge is 2.32. The average Bonchev–Trinajstić information content (AvgIpc) is 2.53. The highest BCUT2D eigenvalue weighted by Crippen LogP contribution is 2.24. The second kappa shape index (κ2) is 6.24. The van der Waals surface area contributed by atoms with Crippen LogP contribution in [0.5, 0.6) is 5.75 Å². The number of benzene rings is 1. The van der Waals surface area contributed by atoms with Crippen LogP contribution in [0.3, 0.4) is 0 Å². The highest BCUT2D eigenvalue weighted by molar-refractivity contribution is 5.97. The fourth-order valence-corrected chi connectivity index (χ4v) is 2.77. The minimum Gasteiger partial charge on any atom is -0.496 e. The first kappa shape index (κ1) is 15.3. The monoisotopic (exact) mass is 313 g/mol. The molecule has 0 radical (unpaired) electrons. The predicted octanol–water partition coefficient (Wildman–Crippen LogP) is 1.33. The molecule has 1 aliphatic rings. The summed E-state index contributed by atoms with van der Waals surface area (Å²) in [7, 11) is 1.56. The molecule has 3 rings (SSSR count). The van der Waals surface area contributed by atoms with Crippen LogP contribution in [0.2, 0.25) is 0 Å². The van der Waals surface area contributed by atoms with Crippen molar-refractivity contribution in [2.75, 3.05) is 20.2 Å². The highest BCUT2D eigenvalue weighted by atomic mass is 16.5. The number of likely N-dealkylation sites (tertiary alicyclic amines) is 1. The van der Waals surface area contributed by atoms with Crippen LogP contribution in [-0.2, 0) is 6.54 Å². The molecule has 2 heterocycles. The van der Waals surface area contributed by atoms with E-state index in [9.17, 15) is 9.59 Å². The lowest BCUT2D eigenvalue weighted by Crippen LogP contribution is -2.52. The van der Waals surface area contributed by atoms with Crippen LogP contribution >= 0.6 is 0 Å². The van der Waals surface area contributed by atoms with Gasteiger partial charge < -0.3 is 9.64 Å². The van der Waals surface area contributed by atoms with Gasteiger partial charge in [-0.3, -0.25) is 9.59 Å². The molecule has 6 nitrogen and oxygen atoms in total. The normalized spacial score (nSPS) is 14.4. The lowest BCUT2D eigenvalue weighted by atomic mass is 9.98. The fraction of sp³-hybridized carbons (Fsp3) is 0.353. The van der Waals surface area contributed by atoms with E-state index in [2.05, 4.69) is 5.10 Å². The molecule has 0 aliphatic carbocycles. The first-order valence-electron chi connectivity index (χ1n) is 7.55. The van der Waals surface area contributed by atoms with Gasteiger partial charge in [-0.05, 0) is 25.1 Å². The number of hydrogen-bond donors (Lipinski definition) is 0. The Kier molecular flexibility index (Phi) is 4.14. The summed E-state index contributed by atoms with van der Waals surface area (Å²) in [5.41, 5.74) is 1.27. The predicted molar refractivity (Wildman–Crippen MR) is 85.6 cm³/mol. The number of aryl methyl sites for hydroxylation is 1. The molecule has 1 saturated heterocycles. The molecule has 1 fully saturated rings. The molecule has 1 aromatic heterocycles. The van der Waals surface area contributed by atoms with Crippen LogP contribution in [0.15, 0.2) is 41.2 Å². The van der Waals surface area contributed by atoms with Crippen molar-refractivity contribution in [3.05, 3.63) is 58.0 Å². The first-order valence-corrected chi connectivity index (χ1v) is 7.55. The molecule has 1 amide bonds. The Morgan fingerprint density at radius 3 is 2.74 bits per heavy atom. The molecule has 0 N–H and O–H groups in total. The second-order valence-corrected chi connectivity index (χ2v) is 5.77. The number of aromatic nitrogens is 2. The summed E-state index contributed by atoms with van der Waals surface area (Å²) < 4.78 is 6.71. The van der Waals surface area contributed by atoms with Crippen molar-refractivity contribution >= 4 is 5.91 Å². The van der Waals surface area contributed by atoms with Gasteiger partial charge in [0.1, 0.15) is 5.75 Å². The maximum atomic E-state index is 12.5. The second-order valence-electron chi connectivity index (χ2n) is 5.77. The summed E-state index contributed by atoms with van der Waals surface area (Å²) in [4.78, 5) is 26.0. The number of carbonyl (C=O) groups is 1. The van der Waals surface area contributed by atoms with Gasteiger partial charge >= 0.3 is 0 Å². The van der Waals surface area contributed by atoms with Crippen LogP contribution in [0.25, 0.3) is 0 Å². The zero-order valence-corrected chi connectivity index (χ0v) is 13.2. The third-order valence-corrected chi connectivity index (χ3v) is 4.01. The van der Waals surface area contributed by atoms with Crippen LogP contribution < -0.4 is 10.3 Å². The number of para-hydroxylation sites is 1. The van der Waals surface area contributed by atoms with Crippen molar-refractivity contribution in [2.24, 2.45) is 5.92 Å². The summed E-state index contributed by atoms with van der Waals surface area (Å²) in [6, 6.07) is 10.4. The van der Waals surface area contributed by atoms with Crippen LogP contribution in [-0.4, -0.2) is 40.8 Å². The number of ether oxygens (including phenoxy) is 1. The van der Waals surface area contributed by atoms with Gasteiger partial charge in [0.25, 0.3) is 11.5 Å². The zero-order chi connectivity index (χ0) is 16.4. The van der Waals surface area contributed by atoms with Crippen LogP contribution in [0, 0.1) is 12.8 Å². The number of carbonyl (C=O) groups excluding carboxylic acids is 1. The van der Waals surface area contributed by atoms with E-state index < -0.39 is 0 Å². The summed E-state index contributed by atoms with van der Waals surface area (Å²) in [6.45, 7) is 3.64. The van der Waals surface area contributed by atoms with Crippen molar-refractivity contribution in [3.63, 3.8) is 0 Å². The average molecular weight is 313 g/mol. The Morgan fingerprint density at radius 2 is 2.00 bits per heavy atom. The quantitative estimate of drug-likeness (QED) is 0.854. The fourth-order valence-electron chi connectivity index (χ4n) is 2.77. The van der Waals surface area contributed by atoms with E-state index >= 15 is 0 Å². The van der Waals surface area contributed by atoms with Crippen LogP contribution in [0.1, 0.15) is 16.1 Å². The van der Waals surface area contributed by atoms with Crippen molar-refractivity contribution < 1.29 is 9.53 Å². The van der Waals surface area contributed by atoms with E-state index in [1.165, 1.54) is 10.7 Å². The van der Waals surface area contributed by atoms with E-state index in [1.54, 1.807) is 30.2 Å². The summed E-state index contributed by atoms with van der Waals surface area (Å²) in [6.07, 6.45) is 0. The third-order valence-electron chi connectivity index (χ3n) is 4.01. The van der Waals surface area contributed by atoms with E-state index in [-0.39, 0.29) is 17.4 Å². The Labute approximate surface area is 134 Å². The van der Waals surface area contributed by atoms with Crippen molar-refractivity contribution in [1.29, 1.82) is 0 Å². The topological polar surface area (TPSA) is 64.4 Å². The van der Waals surface area contributed by atoms with Crippen molar-refractivity contribution in [2.45, 2.75) is 13.5 Å². The van der Waals surface area contributed by atoms with Gasteiger partial charge in [-0.2, -0.15) is 5.10 Å². The maximum Gasteiger partial charge on any atom is 0.266 e. The number of amides is 1. The zero-order valence-electron chi connectivity index (χ0n) is 13.2. The van der Waals surface area contributed by atoms with Gasteiger partial charge in [-0.25, -0.2) is 4.68 Å². The molecular weight excluding hydrogens is 294 g/mol. The minimum atomic E-state index is -0.106. The summed E-state index contributed by atoms with van der Waals surface area (Å²) in [5, 5.41) is 4.23. The molecule has 6 heteroatoms. The standard InChI is InChI=1S/C17H19N3O3/c1-12-7-8-16(21)20(18-12)11-13-9-19(10-13)17(22)14-5-3-4-6-15(14)23-2/h3-8,13H,9-11H2,1-2H3. The summed E-state index contributed by atoms with van der Waals surface area (Å²) >= 11 is 0. The molecule has 2 aromatic rings.